The molecule has 0 radical (unpaired) electrons. The van der Waals surface area contributed by atoms with E-state index in [1.54, 1.807) is 0 Å². The van der Waals surface area contributed by atoms with E-state index in [-0.39, 0.29) is 0 Å². The molecular formula is C16H22N2. The number of benzene rings is 1. The average Bonchev–Trinajstić information content (AvgIpc) is 2.41. The predicted molar refractivity (Wildman–Crippen MR) is 74.0 cm³/mol. The molecular weight excluding hydrogens is 220 g/mol. The number of rotatable bonds is 4. The number of hydrogen-bond donors (Lipinski definition) is 1. The Morgan fingerprint density at radius 3 is 2.67 bits per heavy atom. The molecule has 2 heteroatoms. The van der Waals surface area contributed by atoms with Gasteiger partial charge in [0.1, 0.15) is 0 Å². The highest BCUT2D eigenvalue weighted by atomic mass is 14.9. The molecule has 1 aromatic carbocycles. The Morgan fingerprint density at radius 1 is 1.22 bits per heavy atom. The first kappa shape index (κ1) is 13.1. The molecule has 1 aliphatic rings. The standard InChI is InChI=1S/C16H22N2/c1-13-6-8-14(9-7-13)11-18-12-16-5-3-2-4-15(16)10-17/h2-5,13-14,18H,6-9,11-12H2,1H3. The SMILES string of the molecule is CC1CCC(CNCc2ccccc2C#N)CC1. The summed E-state index contributed by atoms with van der Waals surface area (Å²) in [5.41, 5.74) is 1.91. The molecule has 18 heavy (non-hydrogen) atoms. The Labute approximate surface area is 110 Å². The molecule has 0 aliphatic heterocycles. The van der Waals surface area contributed by atoms with E-state index < -0.39 is 0 Å². The summed E-state index contributed by atoms with van der Waals surface area (Å²) in [5.74, 6) is 1.75. The summed E-state index contributed by atoms with van der Waals surface area (Å²) in [4.78, 5) is 0. The maximum absolute atomic E-state index is 9.02. The molecule has 0 spiro atoms. The Hall–Kier alpha value is -1.33. The van der Waals surface area contributed by atoms with Crippen molar-refractivity contribution in [3.8, 4) is 6.07 Å². The van der Waals surface area contributed by atoms with E-state index in [4.69, 9.17) is 5.26 Å². The van der Waals surface area contributed by atoms with E-state index in [1.165, 1.54) is 25.7 Å². The van der Waals surface area contributed by atoms with Crippen LogP contribution in [0.1, 0.15) is 43.7 Å². The van der Waals surface area contributed by atoms with Gasteiger partial charge in [-0.2, -0.15) is 5.26 Å². The monoisotopic (exact) mass is 242 g/mol. The smallest absolute Gasteiger partial charge is 0.0995 e. The molecule has 0 heterocycles. The Bertz CT molecular complexity index is 411. The third-order valence-electron chi connectivity index (χ3n) is 4.02. The van der Waals surface area contributed by atoms with Crippen molar-refractivity contribution in [1.82, 2.24) is 5.32 Å². The third kappa shape index (κ3) is 3.58. The van der Waals surface area contributed by atoms with Crippen LogP contribution in [0, 0.1) is 23.2 Å². The van der Waals surface area contributed by atoms with Gasteiger partial charge < -0.3 is 5.32 Å². The zero-order valence-corrected chi connectivity index (χ0v) is 11.2. The second-order valence-electron chi connectivity index (χ2n) is 5.53. The highest BCUT2D eigenvalue weighted by molar-refractivity contribution is 5.37. The normalized spacial score (nSPS) is 23.6. The van der Waals surface area contributed by atoms with Crippen molar-refractivity contribution in [2.75, 3.05) is 6.54 Å². The molecule has 1 aromatic rings. The molecule has 0 amide bonds. The fourth-order valence-corrected chi connectivity index (χ4v) is 2.73. The van der Waals surface area contributed by atoms with Crippen molar-refractivity contribution >= 4 is 0 Å². The van der Waals surface area contributed by atoms with E-state index in [0.717, 1.165) is 36.1 Å². The van der Waals surface area contributed by atoms with Crippen LogP contribution in [0.4, 0.5) is 0 Å². The van der Waals surface area contributed by atoms with Crippen LogP contribution in [0.25, 0.3) is 0 Å². The topological polar surface area (TPSA) is 35.8 Å². The van der Waals surface area contributed by atoms with Gasteiger partial charge in [0.2, 0.25) is 0 Å². The van der Waals surface area contributed by atoms with E-state index in [2.05, 4.69) is 18.3 Å². The minimum Gasteiger partial charge on any atom is -0.312 e. The van der Waals surface area contributed by atoms with Crippen molar-refractivity contribution in [3.05, 3.63) is 35.4 Å². The number of nitriles is 1. The molecule has 96 valence electrons. The lowest BCUT2D eigenvalue weighted by molar-refractivity contribution is 0.281. The highest BCUT2D eigenvalue weighted by Gasteiger charge is 2.17. The first-order valence-corrected chi connectivity index (χ1v) is 6.98. The largest absolute Gasteiger partial charge is 0.312 e. The number of nitrogens with zero attached hydrogens (tertiary/aromatic N) is 1. The Balaban J connectivity index is 1.77. The molecule has 0 saturated heterocycles. The molecule has 2 rings (SSSR count). The molecule has 0 unspecified atom stereocenters. The minimum atomic E-state index is 0.794. The van der Waals surface area contributed by atoms with Gasteiger partial charge in [0.15, 0.2) is 0 Å². The van der Waals surface area contributed by atoms with Gasteiger partial charge in [0.05, 0.1) is 11.6 Å². The summed E-state index contributed by atoms with van der Waals surface area (Å²) in [6, 6.07) is 10.1. The summed E-state index contributed by atoms with van der Waals surface area (Å²) in [6.07, 6.45) is 5.46. The van der Waals surface area contributed by atoms with Crippen LogP contribution in [0.15, 0.2) is 24.3 Å². The Morgan fingerprint density at radius 2 is 1.94 bits per heavy atom. The lowest BCUT2D eigenvalue weighted by Crippen LogP contribution is -2.26. The molecule has 0 aromatic heterocycles. The van der Waals surface area contributed by atoms with Gasteiger partial charge in [0, 0.05) is 6.54 Å². The van der Waals surface area contributed by atoms with Crippen LogP contribution < -0.4 is 5.32 Å². The predicted octanol–water partition coefficient (Wildman–Crippen LogP) is 3.47. The first-order valence-electron chi connectivity index (χ1n) is 6.98. The van der Waals surface area contributed by atoms with E-state index in [0.29, 0.717) is 0 Å². The van der Waals surface area contributed by atoms with Crippen molar-refractivity contribution in [2.24, 2.45) is 11.8 Å². The minimum absolute atomic E-state index is 0.794. The fourth-order valence-electron chi connectivity index (χ4n) is 2.73. The molecule has 1 fully saturated rings. The van der Waals surface area contributed by atoms with Crippen molar-refractivity contribution in [1.29, 1.82) is 5.26 Å². The highest BCUT2D eigenvalue weighted by Crippen LogP contribution is 2.27. The summed E-state index contributed by atoms with van der Waals surface area (Å²) >= 11 is 0. The summed E-state index contributed by atoms with van der Waals surface area (Å²) < 4.78 is 0. The number of hydrogen-bond acceptors (Lipinski definition) is 2. The maximum Gasteiger partial charge on any atom is 0.0995 e. The number of nitrogens with one attached hydrogen (secondary N) is 1. The Kier molecular flexibility index (Phi) is 4.78. The van der Waals surface area contributed by atoms with E-state index in [1.807, 2.05) is 24.3 Å². The van der Waals surface area contributed by atoms with Gasteiger partial charge in [-0.3, -0.25) is 0 Å². The summed E-state index contributed by atoms with van der Waals surface area (Å²) in [5, 5.41) is 12.5. The van der Waals surface area contributed by atoms with Crippen molar-refractivity contribution < 1.29 is 0 Å². The van der Waals surface area contributed by atoms with Gasteiger partial charge in [-0.05, 0) is 42.9 Å². The van der Waals surface area contributed by atoms with Gasteiger partial charge in [0.25, 0.3) is 0 Å². The van der Waals surface area contributed by atoms with Crippen LogP contribution in [0.3, 0.4) is 0 Å². The van der Waals surface area contributed by atoms with Crippen LogP contribution in [0.2, 0.25) is 0 Å². The second kappa shape index (κ2) is 6.56. The molecule has 0 bridgehead atoms. The zero-order valence-electron chi connectivity index (χ0n) is 11.2. The lowest BCUT2D eigenvalue weighted by Gasteiger charge is -2.26. The van der Waals surface area contributed by atoms with E-state index in [9.17, 15) is 0 Å². The van der Waals surface area contributed by atoms with Gasteiger partial charge in [-0.25, -0.2) is 0 Å². The third-order valence-corrected chi connectivity index (χ3v) is 4.02. The molecule has 1 N–H and O–H groups in total. The first-order chi connectivity index (χ1) is 8.79. The summed E-state index contributed by atoms with van der Waals surface area (Å²) in [7, 11) is 0. The van der Waals surface area contributed by atoms with Crippen LogP contribution in [0.5, 0.6) is 0 Å². The molecule has 2 nitrogen and oxygen atoms in total. The van der Waals surface area contributed by atoms with Gasteiger partial charge in [-0.15, -0.1) is 0 Å². The quantitative estimate of drug-likeness (QED) is 0.877. The molecule has 0 atom stereocenters. The van der Waals surface area contributed by atoms with Crippen LogP contribution >= 0.6 is 0 Å². The van der Waals surface area contributed by atoms with Crippen molar-refractivity contribution in [2.45, 2.75) is 39.2 Å². The summed E-state index contributed by atoms with van der Waals surface area (Å²) in [6.45, 7) is 4.26. The average molecular weight is 242 g/mol. The maximum atomic E-state index is 9.02. The lowest BCUT2D eigenvalue weighted by atomic mass is 9.83. The molecule has 1 aliphatic carbocycles. The van der Waals surface area contributed by atoms with Gasteiger partial charge >= 0.3 is 0 Å². The zero-order chi connectivity index (χ0) is 12.8. The van der Waals surface area contributed by atoms with Gasteiger partial charge in [-0.1, -0.05) is 38.0 Å². The van der Waals surface area contributed by atoms with Crippen LogP contribution in [-0.2, 0) is 6.54 Å². The fraction of sp³-hybridized carbons (Fsp3) is 0.562. The second-order valence-corrected chi connectivity index (χ2v) is 5.53. The van der Waals surface area contributed by atoms with Crippen molar-refractivity contribution in [3.63, 3.8) is 0 Å². The van der Waals surface area contributed by atoms with Crippen LogP contribution in [-0.4, -0.2) is 6.54 Å². The van der Waals surface area contributed by atoms with E-state index >= 15 is 0 Å². The molecule has 1 saturated carbocycles.